The highest BCUT2D eigenvalue weighted by Gasteiger charge is 2.23. The van der Waals surface area contributed by atoms with Gasteiger partial charge in [0.15, 0.2) is 0 Å². The molecule has 5 heteroatoms. The van der Waals surface area contributed by atoms with Crippen molar-refractivity contribution in [3.8, 4) is 0 Å². The number of hydrogen-bond donors (Lipinski definition) is 0. The van der Waals surface area contributed by atoms with Crippen LogP contribution in [0.1, 0.15) is 56.6 Å². The first-order chi connectivity index (χ1) is 14.7. The highest BCUT2D eigenvalue weighted by molar-refractivity contribution is 6.17. The number of rotatable bonds is 9. The lowest BCUT2D eigenvalue weighted by atomic mass is 10.00. The van der Waals surface area contributed by atoms with Gasteiger partial charge in [0.25, 0.3) is 0 Å². The van der Waals surface area contributed by atoms with Crippen LogP contribution in [0.15, 0.2) is 59.6 Å². The van der Waals surface area contributed by atoms with Crippen LogP contribution in [0, 0.1) is 0 Å². The first-order valence-electron chi connectivity index (χ1n) is 10.9. The number of benzene rings is 2. The van der Waals surface area contributed by atoms with E-state index in [-0.39, 0.29) is 11.9 Å². The van der Waals surface area contributed by atoms with Gasteiger partial charge in [0.2, 0.25) is 5.91 Å². The smallest absolute Gasteiger partial charge is 0.305 e. The minimum atomic E-state index is -0.135. The normalized spacial score (nSPS) is 13.2. The van der Waals surface area contributed by atoms with Gasteiger partial charge in [0, 0.05) is 30.5 Å². The number of anilines is 1. The average Bonchev–Trinajstić information content (AvgIpc) is 2.97. The van der Waals surface area contributed by atoms with Crippen LogP contribution in [0.25, 0.3) is 0 Å². The first kappa shape index (κ1) is 21.8. The van der Waals surface area contributed by atoms with Gasteiger partial charge in [-0.2, -0.15) is 0 Å². The Morgan fingerprint density at radius 3 is 2.40 bits per heavy atom. The van der Waals surface area contributed by atoms with Crippen molar-refractivity contribution in [2.24, 2.45) is 4.99 Å². The van der Waals surface area contributed by atoms with E-state index in [1.807, 2.05) is 54.3 Å². The van der Waals surface area contributed by atoms with Gasteiger partial charge in [-0.1, -0.05) is 61.4 Å². The minimum Gasteiger partial charge on any atom is -0.466 e. The number of amides is 1. The highest BCUT2D eigenvalue weighted by atomic mass is 16.5. The molecule has 0 N–H and O–H groups in total. The van der Waals surface area contributed by atoms with Crippen LogP contribution in [0.2, 0.25) is 0 Å². The van der Waals surface area contributed by atoms with Gasteiger partial charge in [0.1, 0.15) is 0 Å². The Balaban J connectivity index is 1.58. The zero-order valence-corrected chi connectivity index (χ0v) is 17.7. The molecule has 0 radical (unpaired) electrons. The number of nitrogens with zero attached hydrogens (tertiary/aromatic N) is 2. The molecule has 158 valence electrons. The fourth-order valence-electron chi connectivity index (χ4n) is 3.75. The summed E-state index contributed by atoms with van der Waals surface area (Å²) in [4.78, 5) is 31.0. The van der Waals surface area contributed by atoms with Crippen molar-refractivity contribution in [2.75, 3.05) is 24.6 Å². The van der Waals surface area contributed by atoms with Crippen molar-refractivity contribution in [1.82, 2.24) is 0 Å². The van der Waals surface area contributed by atoms with E-state index < -0.39 is 0 Å². The molecule has 3 rings (SSSR count). The number of fused-ring (bicyclic) bond motifs is 1. The zero-order chi connectivity index (χ0) is 21.2. The van der Waals surface area contributed by atoms with Crippen LogP contribution in [0.5, 0.6) is 0 Å². The molecule has 0 unspecified atom stereocenters. The van der Waals surface area contributed by atoms with Gasteiger partial charge < -0.3 is 9.64 Å². The molecular formula is C25H30N2O3. The molecule has 1 heterocycles. The van der Waals surface area contributed by atoms with E-state index in [1.165, 1.54) is 0 Å². The van der Waals surface area contributed by atoms with Crippen molar-refractivity contribution in [3.05, 3.63) is 65.7 Å². The number of hydrogen-bond acceptors (Lipinski definition) is 4. The van der Waals surface area contributed by atoms with E-state index in [2.05, 4.69) is 12.1 Å². The fraction of sp³-hybridized carbons (Fsp3) is 0.400. The first-order valence-corrected chi connectivity index (χ1v) is 10.9. The lowest BCUT2D eigenvalue weighted by Crippen LogP contribution is -2.33. The van der Waals surface area contributed by atoms with Gasteiger partial charge in [-0.25, -0.2) is 0 Å². The molecule has 1 aliphatic heterocycles. The number of carbonyl (C=O) groups excluding carboxylic acids is 2. The number of para-hydroxylation sites is 1. The van der Waals surface area contributed by atoms with Crippen molar-refractivity contribution in [3.63, 3.8) is 0 Å². The SMILES string of the molecule is CCOC(=O)CCCCCCC(=O)N1CCN=C(c2ccccc2)c2ccccc21. The van der Waals surface area contributed by atoms with E-state index in [4.69, 9.17) is 9.73 Å². The maximum absolute atomic E-state index is 13.0. The monoisotopic (exact) mass is 406 g/mol. The third-order valence-electron chi connectivity index (χ3n) is 5.22. The standard InChI is InChI=1S/C25H30N2O3/c1-2-30-24(29)17-9-4-3-8-16-23(28)27-19-18-26-25(20-12-6-5-7-13-20)21-14-10-11-15-22(21)27/h5-7,10-15H,2-4,8-9,16-19H2,1H3. The number of unbranched alkanes of at least 4 members (excludes halogenated alkanes) is 3. The van der Waals surface area contributed by atoms with Gasteiger partial charge >= 0.3 is 5.97 Å². The van der Waals surface area contributed by atoms with E-state index in [0.29, 0.717) is 32.5 Å². The van der Waals surface area contributed by atoms with E-state index in [9.17, 15) is 9.59 Å². The molecule has 0 bridgehead atoms. The molecule has 2 aromatic carbocycles. The van der Waals surface area contributed by atoms with Crippen LogP contribution in [-0.4, -0.2) is 37.3 Å². The number of esters is 1. The largest absolute Gasteiger partial charge is 0.466 e. The average molecular weight is 407 g/mol. The molecule has 30 heavy (non-hydrogen) atoms. The maximum atomic E-state index is 13.0. The number of carbonyl (C=O) groups is 2. The van der Waals surface area contributed by atoms with Crippen LogP contribution in [-0.2, 0) is 14.3 Å². The molecule has 0 fully saturated rings. The topological polar surface area (TPSA) is 59.0 Å². The Morgan fingerprint density at radius 2 is 1.63 bits per heavy atom. The number of benzodiazepines with no additional fused rings is 1. The van der Waals surface area contributed by atoms with Crippen molar-refractivity contribution >= 4 is 23.3 Å². The Labute approximate surface area is 178 Å². The van der Waals surface area contributed by atoms with Crippen LogP contribution < -0.4 is 4.90 Å². The van der Waals surface area contributed by atoms with Gasteiger partial charge in [-0.05, 0) is 25.8 Å². The summed E-state index contributed by atoms with van der Waals surface area (Å²) in [6.07, 6.45) is 4.48. The lowest BCUT2D eigenvalue weighted by molar-refractivity contribution is -0.143. The van der Waals surface area contributed by atoms with Gasteiger partial charge in [0.05, 0.1) is 24.6 Å². The lowest BCUT2D eigenvalue weighted by Gasteiger charge is -2.23. The summed E-state index contributed by atoms with van der Waals surface area (Å²) in [6, 6.07) is 18.2. The Bertz CT molecular complexity index is 877. The molecule has 0 spiro atoms. The highest BCUT2D eigenvalue weighted by Crippen LogP contribution is 2.27. The maximum Gasteiger partial charge on any atom is 0.305 e. The van der Waals surface area contributed by atoms with Gasteiger partial charge in [-0.15, -0.1) is 0 Å². The molecule has 0 saturated carbocycles. The molecule has 0 atom stereocenters. The van der Waals surface area contributed by atoms with Crippen molar-refractivity contribution < 1.29 is 14.3 Å². The molecule has 1 aliphatic rings. The summed E-state index contributed by atoms with van der Waals surface area (Å²) in [5.41, 5.74) is 3.95. The van der Waals surface area contributed by atoms with Crippen LogP contribution >= 0.6 is 0 Å². The van der Waals surface area contributed by atoms with Crippen LogP contribution in [0.3, 0.4) is 0 Å². The predicted octanol–water partition coefficient (Wildman–Crippen LogP) is 4.77. The van der Waals surface area contributed by atoms with Crippen LogP contribution in [0.4, 0.5) is 5.69 Å². The van der Waals surface area contributed by atoms with Crippen molar-refractivity contribution in [2.45, 2.75) is 45.4 Å². The zero-order valence-electron chi connectivity index (χ0n) is 17.7. The summed E-state index contributed by atoms with van der Waals surface area (Å²) in [7, 11) is 0. The summed E-state index contributed by atoms with van der Waals surface area (Å²) < 4.78 is 4.94. The number of aliphatic imine (C=N–C) groups is 1. The Kier molecular flexibility index (Phi) is 8.19. The van der Waals surface area contributed by atoms with E-state index >= 15 is 0 Å². The fourth-order valence-corrected chi connectivity index (χ4v) is 3.75. The Morgan fingerprint density at radius 1 is 0.933 bits per heavy atom. The Hall–Kier alpha value is -2.95. The summed E-state index contributed by atoms with van der Waals surface area (Å²) in [5, 5.41) is 0. The predicted molar refractivity (Wildman–Crippen MR) is 120 cm³/mol. The molecule has 0 saturated heterocycles. The second-order valence-electron chi connectivity index (χ2n) is 7.38. The molecule has 2 aromatic rings. The second-order valence-corrected chi connectivity index (χ2v) is 7.38. The quantitative estimate of drug-likeness (QED) is 0.445. The molecular weight excluding hydrogens is 376 g/mol. The third kappa shape index (κ3) is 5.78. The molecule has 1 amide bonds. The molecule has 5 nitrogen and oxygen atoms in total. The second kappa shape index (κ2) is 11.3. The summed E-state index contributed by atoms with van der Waals surface area (Å²) in [5.74, 6) is 0.00123. The molecule has 0 aliphatic carbocycles. The van der Waals surface area contributed by atoms with Crippen molar-refractivity contribution in [1.29, 1.82) is 0 Å². The minimum absolute atomic E-state index is 0.135. The summed E-state index contributed by atoms with van der Waals surface area (Å²) >= 11 is 0. The van der Waals surface area contributed by atoms with E-state index in [0.717, 1.165) is 48.2 Å². The van der Waals surface area contributed by atoms with E-state index in [1.54, 1.807) is 0 Å². The number of ether oxygens (including phenoxy) is 1. The third-order valence-corrected chi connectivity index (χ3v) is 5.22. The summed E-state index contributed by atoms with van der Waals surface area (Å²) in [6.45, 7) is 3.43. The van der Waals surface area contributed by atoms with Gasteiger partial charge in [-0.3, -0.25) is 14.6 Å². The molecule has 0 aromatic heterocycles.